The summed E-state index contributed by atoms with van der Waals surface area (Å²) in [6.07, 6.45) is 2.24. The Labute approximate surface area is 342 Å². The second kappa shape index (κ2) is 13.7. The fourth-order valence-electron chi connectivity index (χ4n) is 9.93. The number of rotatable bonds is 1. The Bertz CT molecular complexity index is 2760. The third kappa shape index (κ3) is 6.04. The molecule has 4 unspecified atom stereocenters. The van der Waals surface area contributed by atoms with Crippen LogP contribution < -0.4 is 0 Å². The topological polar surface area (TPSA) is 0 Å². The molecule has 2 aliphatic heterocycles. The summed E-state index contributed by atoms with van der Waals surface area (Å²) in [4.78, 5) is 0. The van der Waals surface area contributed by atoms with Crippen LogP contribution in [0.4, 0.5) is 0 Å². The van der Waals surface area contributed by atoms with E-state index >= 15 is 0 Å². The van der Waals surface area contributed by atoms with Gasteiger partial charge in [-0.2, -0.15) is 0 Å². The van der Waals surface area contributed by atoms with E-state index in [1.807, 2.05) is 0 Å². The van der Waals surface area contributed by atoms with Crippen molar-refractivity contribution in [2.75, 3.05) is 0 Å². The van der Waals surface area contributed by atoms with Crippen LogP contribution in [0, 0.1) is 0 Å². The first-order chi connectivity index (χ1) is 26.1. The number of fused-ring (bicyclic) bond motifs is 13. The van der Waals surface area contributed by atoms with Crippen molar-refractivity contribution in [2.24, 2.45) is 0 Å². The molecular formula is C52H48P2Ru+3. The van der Waals surface area contributed by atoms with Gasteiger partial charge in [0, 0.05) is 11.3 Å². The van der Waals surface area contributed by atoms with Gasteiger partial charge in [-0.25, -0.2) is 0 Å². The SMILES string of the molecule is CC(C)(C)P1Cc2ccc3ccccc3c2-c2cc3ccccc3cc2C1C1c2ccc3ccccc3c2-c2c(ccc3ccccc23)CP1C(C)(C)C.[Ru+3]. The first-order valence-corrected chi connectivity index (χ1v) is 22.9. The molecule has 0 aromatic heterocycles. The predicted octanol–water partition coefficient (Wildman–Crippen LogP) is 16.0. The van der Waals surface area contributed by atoms with Crippen LogP contribution in [0.5, 0.6) is 0 Å². The molecule has 0 bridgehead atoms. The molecule has 0 aliphatic carbocycles. The van der Waals surface area contributed by atoms with Gasteiger partial charge in [0.15, 0.2) is 0 Å². The van der Waals surface area contributed by atoms with Crippen LogP contribution in [0.15, 0.2) is 146 Å². The Morgan fingerprint density at radius 1 is 0.400 bits per heavy atom. The molecule has 0 saturated heterocycles. The molecule has 4 atom stereocenters. The molecule has 0 saturated carbocycles. The minimum Gasteiger partial charge on any atom is -0.0880 e. The van der Waals surface area contributed by atoms with E-state index in [0.717, 1.165) is 12.3 Å². The van der Waals surface area contributed by atoms with Crippen molar-refractivity contribution in [3.8, 4) is 22.3 Å². The molecule has 0 N–H and O–H groups in total. The van der Waals surface area contributed by atoms with Crippen LogP contribution in [0.3, 0.4) is 0 Å². The number of hydrogen-bond donors (Lipinski definition) is 0. The fraction of sp³-hybridized carbons (Fsp3) is 0.231. The standard InChI is InChI=1S/C52H48P2.Ru/c1-51(2,3)53-32-39-26-24-34-16-10-13-21-41(34)47(39)48-42-22-14-11-17-35(42)27-28-43(48)49(53)50-45-30-37-19-8-7-18-36(37)29-44(45)46-38(31-54(50)52(4,5)6)25-23-33-15-9-12-20-40(33)46;/h7-30,49-50H,31-32H2,1-6H3;/q;+3. The first-order valence-electron chi connectivity index (χ1n) is 19.7. The van der Waals surface area contributed by atoms with Crippen LogP contribution in [0.1, 0.15) is 75.1 Å². The second-order valence-corrected chi connectivity index (χ2v) is 24.0. The van der Waals surface area contributed by atoms with E-state index in [0.29, 0.717) is 11.3 Å². The van der Waals surface area contributed by atoms with Crippen molar-refractivity contribution < 1.29 is 19.5 Å². The van der Waals surface area contributed by atoms with Crippen molar-refractivity contribution in [1.29, 1.82) is 0 Å². The van der Waals surface area contributed by atoms with Gasteiger partial charge in [0.1, 0.15) is 0 Å². The summed E-state index contributed by atoms with van der Waals surface area (Å²) in [6, 6.07) is 56.6. The van der Waals surface area contributed by atoms with E-state index in [1.165, 1.54) is 76.5 Å². The molecule has 55 heavy (non-hydrogen) atoms. The van der Waals surface area contributed by atoms with Crippen LogP contribution in [0.2, 0.25) is 0 Å². The van der Waals surface area contributed by atoms with E-state index < -0.39 is 15.8 Å². The van der Waals surface area contributed by atoms with E-state index in [9.17, 15) is 0 Å². The molecule has 3 heteroatoms. The molecule has 0 amide bonds. The van der Waals surface area contributed by atoms with Gasteiger partial charge in [-0.05, 0) is 122 Å². The minimum atomic E-state index is -0.557. The third-order valence-corrected chi connectivity index (χ3v) is 20.0. The minimum absolute atomic E-state index is 0. The molecule has 10 rings (SSSR count). The Kier molecular flexibility index (Phi) is 9.22. The summed E-state index contributed by atoms with van der Waals surface area (Å²) in [5, 5.41) is 11.1. The average Bonchev–Trinajstić information content (AvgIpc) is 3.41. The van der Waals surface area contributed by atoms with Crippen molar-refractivity contribution >= 4 is 58.9 Å². The summed E-state index contributed by atoms with van der Waals surface area (Å²) >= 11 is 0. The average molecular weight is 836 g/mol. The molecule has 0 spiro atoms. The molecule has 0 fully saturated rings. The molecular weight excluding hydrogens is 788 g/mol. The van der Waals surface area contributed by atoms with Crippen molar-refractivity contribution in [3.05, 3.63) is 168 Å². The predicted molar refractivity (Wildman–Crippen MR) is 240 cm³/mol. The zero-order valence-corrected chi connectivity index (χ0v) is 36.2. The molecule has 271 valence electrons. The number of benzene rings is 8. The van der Waals surface area contributed by atoms with Gasteiger partial charge >= 0.3 is 19.5 Å². The summed E-state index contributed by atoms with van der Waals surface area (Å²) in [5.41, 5.74) is 12.8. The van der Waals surface area contributed by atoms with E-state index in [4.69, 9.17) is 0 Å². The largest absolute Gasteiger partial charge is 3.00 e. The quantitative estimate of drug-likeness (QED) is 0.114. The van der Waals surface area contributed by atoms with Crippen molar-refractivity contribution in [2.45, 2.75) is 75.5 Å². The van der Waals surface area contributed by atoms with Gasteiger partial charge < -0.3 is 0 Å². The Morgan fingerprint density at radius 2 is 0.800 bits per heavy atom. The molecule has 8 aromatic rings. The molecule has 8 aromatic carbocycles. The smallest absolute Gasteiger partial charge is 0.0880 e. The molecule has 2 heterocycles. The summed E-state index contributed by atoms with van der Waals surface area (Å²) < 4.78 is 0. The second-order valence-electron chi connectivity index (χ2n) is 17.7. The van der Waals surface area contributed by atoms with Gasteiger partial charge in [0.25, 0.3) is 0 Å². The summed E-state index contributed by atoms with van der Waals surface area (Å²) in [7, 11) is -1.11. The van der Waals surface area contributed by atoms with E-state index in [1.54, 1.807) is 11.1 Å². The van der Waals surface area contributed by atoms with E-state index in [-0.39, 0.29) is 29.8 Å². The maximum absolute atomic E-state index is 2.65. The molecule has 1 radical (unpaired) electrons. The summed E-state index contributed by atoms with van der Waals surface area (Å²) in [5.74, 6) is 0. The normalized spacial score (nSPS) is 19.5. The monoisotopic (exact) mass is 836 g/mol. The Hall–Kier alpha value is -3.72. The molecule has 0 nitrogen and oxygen atoms in total. The van der Waals surface area contributed by atoms with Gasteiger partial charge in [0.05, 0.1) is 0 Å². The van der Waals surface area contributed by atoms with Crippen molar-refractivity contribution in [3.63, 3.8) is 0 Å². The number of hydrogen-bond acceptors (Lipinski definition) is 0. The maximum Gasteiger partial charge on any atom is 3.00 e. The fourth-order valence-corrected chi connectivity index (χ4v) is 17.3. The van der Waals surface area contributed by atoms with Gasteiger partial charge in [-0.15, -0.1) is 0 Å². The summed E-state index contributed by atoms with van der Waals surface area (Å²) in [6.45, 7) is 15.3. The van der Waals surface area contributed by atoms with Crippen LogP contribution in [-0.2, 0) is 31.8 Å². The molecule has 2 aliphatic rings. The first kappa shape index (κ1) is 36.9. The van der Waals surface area contributed by atoms with Gasteiger partial charge in [-0.3, -0.25) is 0 Å². The zero-order chi connectivity index (χ0) is 36.9. The Morgan fingerprint density at radius 3 is 1.33 bits per heavy atom. The van der Waals surface area contributed by atoms with E-state index in [2.05, 4.69) is 187 Å². The van der Waals surface area contributed by atoms with Crippen LogP contribution in [0.25, 0.3) is 65.3 Å². The maximum atomic E-state index is 2.65. The van der Waals surface area contributed by atoms with Crippen LogP contribution in [-0.4, -0.2) is 10.3 Å². The Balaban J connectivity index is 0.00000397. The van der Waals surface area contributed by atoms with Crippen molar-refractivity contribution in [1.82, 2.24) is 0 Å². The third-order valence-electron chi connectivity index (χ3n) is 12.4. The zero-order valence-electron chi connectivity index (χ0n) is 32.7. The van der Waals surface area contributed by atoms with Crippen LogP contribution >= 0.6 is 15.8 Å². The van der Waals surface area contributed by atoms with Gasteiger partial charge in [0.2, 0.25) is 0 Å². The van der Waals surface area contributed by atoms with Gasteiger partial charge in [-0.1, -0.05) is 191 Å².